The van der Waals surface area contributed by atoms with E-state index in [9.17, 15) is 9.90 Å². The van der Waals surface area contributed by atoms with Crippen LogP contribution in [0, 0.1) is 13.8 Å². The van der Waals surface area contributed by atoms with Gasteiger partial charge in [0, 0.05) is 22.5 Å². The Labute approximate surface area is 183 Å². The van der Waals surface area contributed by atoms with Gasteiger partial charge in [-0.1, -0.05) is 53.3 Å². The zero-order chi connectivity index (χ0) is 22.7. The van der Waals surface area contributed by atoms with Gasteiger partial charge in [-0.3, -0.25) is 4.79 Å². The molecule has 0 atom stereocenters. The van der Waals surface area contributed by atoms with Crippen LogP contribution in [0.2, 0.25) is 0 Å². The van der Waals surface area contributed by atoms with Gasteiger partial charge in [0.25, 0.3) is 5.91 Å². The van der Waals surface area contributed by atoms with Crippen LogP contribution in [-0.2, 0) is 15.6 Å². The van der Waals surface area contributed by atoms with Crippen molar-refractivity contribution in [2.24, 2.45) is 5.10 Å². The van der Waals surface area contributed by atoms with Gasteiger partial charge in [0.2, 0.25) is 0 Å². The molecule has 2 rings (SSSR count). The fourth-order valence-corrected chi connectivity index (χ4v) is 3.72. The van der Waals surface area contributed by atoms with E-state index in [-0.39, 0.29) is 22.5 Å². The summed E-state index contributed by atoms with van der Waals surface area (Å²) in [6.07, 6.45) is 1.61. The number of nitrogens with zero attached hydrogens (tertiary/aromatic N) is 3. The van der Waals surface area contributed by atoms with Gasteiger partial charge in [0.05, 0.1) is 12.0 Å². The number of carbonyl (C=O) groups is 1. The number of carbonyl (C=O) groups excluding carboxylic acids is 1. The zero-order valence-corrected chi connectivity index (χ0v) is 19.9. The molecule has 30 heavy (non-hydrogen) atoms. The Morgan fingerprint density at radius 3 is 2.00 bits per heavy atom. The molecule has 1 amide bonds. The van der Waals surface area contributed by atoms with E-state index in [1.807, 2.05) is 32.0 Å². The van der Waals surface area contributed by atoms with Crippen molar-refractivity contribution in [1.82, 2.24) is 15.4 Å². The van der Waals surface area contributed by atoms with E-state index in [1.165, 1.54) is 11.8 Å². The van der Waals surface area contributed by atoms with Gasteiger partial charge in [0.1, 0.15) is 5.75 Å². The Balaban J connectivity index is 2.12. The lowest BCUT2D eigenvalue weighted by Crippen LogP contribution is -2.20. The number of phenols is 1. The lowest BCUT2D eigenvalue weighted by Gasteiger charge is -2.27. The summed E-state index contributed by atoms with van der Waals surface area (Å²) >= 11 is 1.28. The number of nitrogens with one attached hydrogen (secondary N) is 1. The third-order valence-corrected chi connectivity index (χ3v) is 5.29. The number of aromatic nitrogens is 2. The third-order valence-electron chi connectivity index (χ3n) is 4.45. The predicted octanol–water partition coefficient (Wildman–Crippen LogP) is 4.64. The maximum absolute atomic E-state index is 12.1. The minimum Gasteiger partial charge on any atom is -0.507 e. The number of thioether (sulfide) groups is 1. The molecular weight excluding hydrogens is 396 g/mol. The molecule has 0 unspecified atom stereocenters. The molecule has 1 aromatic carbocycles. The average molecular weight is 429 g/mol. The van der Waals surface area contributed by atoms with E-state index >= 15 is 0 Å². The standard InChI is InChI=1S/C23H32N4O2S/c1-14-9-15(2)26-21(25-14)30-13-19(28)27-24-12-16-10-17(22(3,4)5)20(29)18(11-16)23(6,7)8/h9-12,29H,13H2,1-8H3,(H,27,28). The second-order valence-electron chi connectivity index (χ2n) is 9.48. The molecule has 0 aliphatic carbocycles. The van der Waals surface area contributed by atoms with Crippen molar-refractivity contribution in [3.8, 4) is 5.75 Å². The van der Waals surface area contributed by atoms with Crippen molar-refractivity contribution in [3.63, 3.8) is 0 Å². The summed E-state index contributed by atoms with van der Waals surface area (Å²) in [5.41, 5.74) is 6.39. The van der Waals surface area contributed by atoms with Gasteiger partial charge in [-0.15, -0.1) is 0 Å². The summed E-state index contributed by atoms with van der Waals surface area (Å²) < 4.78 is 0. The van der Waals surface area contributed by atoms with Crippen LogP contribution in [0.25, 0.3) is 0 Å². The Morgan fingerprint density at radius 2 is 1.53 bits per heavy atom. The number of aromatic hydroxyl groups is 1. The molecule has 0 bridgehead atoms. The SMILES string of the molecule is Cc1cc(C)nc(SCC(=O)NN=Cc2cc(C(C)(C)C)c(O)c(C(C)(C)C)c2)n1. The minimum absolute atomic E-state index is 0.177. The van der Waals surface area contributed by atoms with Gasteiger partial charge < -0.3 is 5.11 Å². The molecule has 1 heterocycles. The van der Waals surface area contributed by atoms with Crippen molar-refractivity contribution in [3.05, 3.63) is 46.3 Å². The topological polar surface area (TPSA) is 87.5 Å². The number of hydrogen-bond acceptors (Lipinski definition) is 6. The maximum atomic E-state index is 12.1. The van der Waals surface area contributed by atoms with Crippen LogP contribution in [-0.4, -0.2) is 32.9 Å². The highest BCUT2D eigenvalue weighted by atomic mass is 32.2. The van der Waals surface area contributed by atoms with Crippen LogP contribution < -0.4 is 5.43 Å². The van der Waals surface area contributed by atoms with E-state index in [4.69, 9.17) is 0 Å². The van der Waals surface area contributed by atoms with Gasteiger partial charge >= 0.3 is 0 Å². The highest BCUT2D eigenvalue weighted by Crippen LogP contribution is 2.39. The average Bonchev–Trinajstić information content (AvgIpc) is 2.58. The largest absolute Gasteiger partial charge is 0.507 e. The number of rotatable bonds is 5. The lowest BCUT2D eigenvalue weighted by atomic mass is 9.78. The fourth-order valence-electron chi connectivity index (χ4n) is 2.97. The summed E-state index contributed by atoms with van der Waals surface area (Å²) in [6.45, 7) is 16.2. The molecule has 0 saturated heterocycles. The van der Waals surface area contributed by atoms with E-state index < -0.39 is 0 Å². The molecule has 0 fully saturated rings. The molecule has 2 aromatic rings. The number of phenolic OH excluding ortho intramolecular Hbond substituents is 1. The van der Waals surface area contributed by atoms with Crippen LogP contribution in [0.3, 0.4) is 0 Å². The third kappa shape index (κ3) is 6.55. The minimum atomic E-state index is -0.232. The highest BCUT2D eigenvalue weighted by molar-refractivity contribution is 7.99. The van der Waals surface area contributed by atoms with Crippen molar-refractivity contribution in [1.29, 1.82) is 0 Å². The van der Waals surface area contributed by atoms with Gasteiger partial charge in [-0.05, 0) is 48.4 Å². The Morgan fingerprint density at radius 1 is 1.03 bits per heavy atom. The van der Waals surface area contributed by atoms with Crippen molar-refractivity contribution >= 4 is 23.9 Å². The predicted molar refractivity (Wildman–Crippen MR) is 123 cm³/mol. The first kappa shape index (κ1) is 23.9. The molecule has 0 aliphatic heterocycles. The fraction of sp³-hybridized carbons (Fsp3) is 0.478. The zero-order valence-electron chi connectivity index (χ0n) is 19.1. The molecule has 6 nitrogen and oxygen atoms in total. The summed E-state index contributed by atoms with van der Waals surface area (Å²) in [6, 6.07) is 5.72. The van der Waals surface area contributed by atoms with E-state index in [0.29, 0.717) is 10.9 Å². The Kier molecular flexibility index (Phi) is 7.29. The number of hydrazone groups is 1. The number of amides is 1. The smallest absolute Gasteiger partial charge is 0.250 e. The molecule has 0 saturated carbocycles. The molecule has 0 spiro atoms. The second-order valence-corrected chi connectivity index (χ2v) is 10.4. The molecule has 2 N–H and O–H groups in total. The monoisotopic (exact) mass is 428 g/mol. The van der Waals surface area contributed by atoms with E-state index in [2.05, 4.69) is 62.0 Å². The maximum Gasteiger partial charge on any atom is 0.250 e. The van der Waals surface area contributed by atoms with E-state index in [0.717, 1.165) is 28.1 Å². The lowest BCUT2D eigenvalue weighted by molar-refractivity contribution is -0.118. The first-order valence-corrected chi connectivity index (χ1v) is 10.9. The van der Waals surface area contributed by atoms with Crippen molar-refractivity contribution in [2.75, 3.05) is 5.75 Å². The molecule has 0 radical (unpaired) electrons. The second kappa shape index (κ2) is 9.16. The molecule has 0 aliphatic rings. The van der Waals surface area contributed by atoms with Gasteiger partial charge in [-0.2, -0.15) is 5.10 Å². The Hall–Kier alpha value is -2.41. The van der Waals surface area contributed by atoms with Crippen LogP contribution in [0.4, 0.5) is 0 Å². The van der Waals surface area contributed by atoms with Crippen LogP contribution >= 0.6 is 11.8 Å². The molecular formula is C23H32N4O2S. The first-order valence-electron chi connectivity index (χ1n) is 9.92. The van der Waals surface area contributed by atoms with Gasteiger partial charge in [-0.25, -0.2) is 15.4 Å². The molecule has 162 valence electrons. The number of benzene rings is 1. The Bertz CT molecular complexity index is 901. The summed E-state index contributed by atoms with van der Waals surface area (Å²) in [5, 5.41) is 15.5. The molecule has 1 aromatic heterocycles. The van der Waals surface area contributed by atoms with Crippen molar-refractivity contribution < 1.29 is 9.90 Å². The van der Waals surface area contributed by atoms with E-state index in [1.54, 1.807) is 6.21 Å². The first-order chi connectivity index (χ1) is 13.8. The quantitative estimate of drug-likeness (QED) is 0.314. The summed E-state index contributed by atoms with van der Waals surface area (Å²) in [7, 11) is 0. The number of aryl methyl sites for hydroxylation is 2. The highest BCUT2D eigenvalue weighted by Gasteiger charge is 2.26. The van der Waals surface area contributed by atoms with Gasteiger partial charge in [0.15, 0.2) is 5.16 Å². The van der Waals surface area contributed by atoms with Crippen LogP contribution in [0.15, 0.2) is 28.5 Å². The molecule has 7 heteroatoms. The number of hydrogen-bond donors (Lipinski definition) is 2. The van der Waals surface area contributed by atoms with Crippen LogP contribution in [0.1, 0.15) is 69.6 Å². The summed E-state index contributed by atoms with van der Waals surface area (Å²) in [4.78, 5) is 20.8. The van der Waals surface area contributed by atoms with Crippen LogP contribution in [0.5, 0.6) is 5.75 Å². The summed E-state index contributed by atoms with van der Waals surface area (Å²) in [5.74, 6) is 0.266. The normalized spacial score (nSPS) is 12.4. The van der Waals surface area contributed by atoms with Crippen molar-refractivity contribution in [2.45, 2.75) is 71.4 Å².